The van der Waals surface area contributed by atoms with Gasteiger partial charge in [0.05, 0.1) is 6.61 Å². The molecule has 0 spiro atoms. The fraction of sp³-hybridized carbons (Fsp3) is 0.800. The number of hydrogen-bond donors (Lipinski definition) is 0. The monoisotopic (exact) mass is 179 g/mol. The smallest absolute Gasteiger partial charge is 0.251 e. The molecule has 0 aliphatic heterocycles. The third-order valence-corrected chi connectivity index (χ3v) is 1.43. The number of carbonyl (C=O) groups excluding carboxylic acids is 1. The van der Waals surface area contributed by atoms with Crippen LogP contribution in [0.4, 0.5) is 0 Å². The first-order valence-electron chi connectivity index (χ1n) is 2.96. The van der Waals surface area contributed by atoms with Gasteiger partial charge in [0, 0.05) is 0 Å². The second kappa shape index (κ2) is 4.23. The van der Waals surface area contributed by atoms with Crippen LogP contribution in [0.5, 0.6) is 0 Å². The summed E-state index contributed by atoms with van der Waals surface area (Å²) in [4.78, 5) is 9.51. The SMILES string of the molecule is CC(C)COS(=O)(=O)N=C=O. The molecule has 0 bridgehead atoms. The zero-order valence-electron chi connectivity index (χ0n) is 6.27. The molecule has 0 saturated heterocycles. The molecule has 0 aromatic rings. The van der Waals surface area contributed by atoms with Crippen LogP contribution in [0.25, 0.3) is 0 Å². The minimum atomic E-state index is -4.03. The average Bonchev–Trinajstić information content (AvgIpc) is 1.84. The van der Waals surface area contributed by atoms with Gasteiger partial charge >= 0.3 is 10.3 Å². The molecule has 0 aliphatic rings. The topological polar surface area (TPSA) is 72.8 Å². The van der Waals surface area contributed by atoms with E-state index in [0.717, 1.165) is 6.08 Å². The molecule has 0 fully saturated rings. The highest BCUT2D eigenvalue weighted by Crippen LogP contribution is 1.99. The van der Waals surface area contributed by atoms with Crippen LogP contribution >= 0.6 is 0 Å². The van der Waals surface area contributed by atoms with Crippen molar-refractivity contribution in [2.45, 2.75) is 13.8 Å². The standard InChI is InChI=1S/C5H9NO4S/c1-5(2)3-10-11(8,9)6-4-7/h5H,3H2,1-2H3. The summed E-state index contributed by atoms with van der Waals surface area (Å²) < 4.78 is 27.7. The summed E-state index contributed by atoms with van der Waals surface area (Å²) in [7, 11) is -4.03. The molecule has 0 rings (SSSR count). The van der Waals surface area contributed by atoms with Gasteiger partial charge in [-0.05, 0) is 5.92 Å². The van der Waals surface area contributed by atoms with Crippen LogP contribution < -0.4 is 0 Å². The van der Waals surface area contributed by atoms with Crippen LogP contribution in [0.3, 0.4) is 0 Å². The van der Waals surface area contributed by atoms with Crippen LogP contribution in [0.15, 0.2) is 4.40 Å². The Kier molecular flexibility index (Phi) is 3.95. The number of nitrogens with zero attached hydrogens (tertiary/aromatic N) is 1. The molecule has 0 aliphatic carbocycles. The van der Waals surface area contributed by atoms with Crippen molar-refractivity contribution >= 4 is 16.4 Å². The number of hydrogen-bond acceptors (Lipinski definition) is 4. The van der Waals surface area contributed by atoms with Crippen molar-refractivity contribution in [3.63, 3.8) is 0 Å². The lowest BCUT2D eigenvalue weighted by Crippen LogP contribution is -2.07. The average molecular weight is 179 g/mol. The van der Waals surface area contributed by atoms with E-state index in [2.05, 4.69) is 8.58 Å². The number of rotatable bonds is 4. The van der Waals surface area contributed by atoms with Gasteiger partial charge in [-0.3, -0.25) is 4.18 Å². The molecule has 0 unspecified atom stereocenters. The van der Waals surface area contributed by atoms with E-state index in [0.29, 0.717) is 0 Å². The molecule has 0 heterocycles. The van der Waals surface area contributed by atoms with Gasteiger partial charge in [-0.1, -0.05) is 18.2 Å². The van der Waals surface area contributed by atoms with Crippen LogP contribution in [0.1, 0.15) is 13.8 Å². The van der Waals surface area contributed by atoms with Gasteiger partial charge < -0.3 is 0 Å². The van der Waals surface area contributed by atoms with Gasteiger partial charge in [-0.2, -0.15) is 8.42 Å². The molecular weight excluding hydrogens is 170 g/mol. The normalized spacial score (nSPS) is 11.2. The Labute approximate surface area is 65.3 Å². The van der Waals surface area contributed by atoms with Crippen molar-refractivity contribution in [3.8, 4) is 0 Å². The molecule has 0 N–H and O–H groups in total. The first kappa shape index (κ1) is 10.3. The predicted molar refractivity (Wildman–Crippen MR) is 37.8 cm³/mol. The van der Waals surface area contributed by atoms with Gasteiger partial charge in [0.25, 0.3) is 6.08 Å². The van der Waals surface area contributed by atoms with Gasteiger partial charge in [0.2, 0.25) is 0 Å². The summed E-state index contributed by atoms with van der Waals surface area (Å²) in [5.74, 6) is 0.0756. The van der Waals surface area contributed by atoms with E-state index in [1.165, 1.54) is 0 Å². The minimum Gasteiger partial charge on any atom is -0.251 e. The van der Waals surface area contributed by atoms with Gasteiger partial charge in [0.15, 0.2) is 0 Å². The second-order valence-electron chi connectivity index (χ2n) is 2.29. The Bertz CT molecular complexity index is 250. The summed E-state index contributed by atoms with van der Waals surface area (Å²) in [6.07, 6.45) is 0.894. The zero-order valence-corrected chi connectivity index (χ0v) is 7.09. The fourth-order valence-corrected chi connectivity index (χ4v) is 0.882. The van der Waals surface area contributed by atoms with E-state index in [9.17, 15) is 13.2 Å². The molecule has 6 heteroatoms. The fourth-order valence-electron chi connectivity index (χ4n) is 0.294. The first-order valence-corrected chi connectivity index (χ1v) is 4.33. The van der Waals surface area contributed by atoms with E-state index in [1.807, 2.05) is 0 Å². The predicted octanol–water partition coefficient (Wildman–Crippen LogP) is 0.240. The Morgan fingerprint density at radius 3 is 2.45 bits per heavy atom. The maximum Gasteiger partial charge on any atom is 0.391 e. The van der Waals surface area contributed by atoms with Crippen LogP contribution in [0.2, 0.25) is 0 Å². The highest BCUT2D eigenvalue weighted by Gasteiger charge is 2.08. The van der Waals surface area contributed by atoms with Crippen molar-refractivity contribution in [2.75, 3.05) is 6.61 Å². The van der Waals surface area contributed by atoms with Gasteiger partial charge in [-0.25, -0.2) is 4.79 Å². The van der Waals surface area contributed by atoms with Crippen molar-refractivity contribution < 1.29 is 17.4 Å². The molecule has 5 nitrogen and oxygen atoms in total. The van der Waals surface area contributed by atoms with E-state index >= 15 is 0 Å². The molecule has 64 valence electrons. The zero-order chi connectivity index (χ0) is 8.91. The van der Waals surface area contributed by atoms with Crippen molar-refractivity contribution in [1.29, 1.82) is 0 Å². The molecule has 11 heavy (non-hydrogen) atoms. The largest absolute Gasteiger partial charge is 0.391 e. The molecule has 0 radical (unpaired) electrons. The molecular formula is C5H9NO4S. The third kappa shape index (κ3) is 5.72. The number of isocyanates is 1. The van der Waals surface area contributed by atoms with E-state index in [4.69, 9.17) is 0 Å². The lowest BCUT2D eigenvalue weighted by atomic mass is 10.2. The van der Waals surface area contributed by atoms with Gasteiger partial charge in [-0.15, -0.1) is 0 Å². The first-order chi connectivity index (χ1) is 4.98. The third-order valence-electron chi connectivity index (χ3n) is 0.699. The molecule has 0 aromatic carbocycles. The Morgan fingerprint density at radius 2 is 2.09 bits per heavy atom. The highest BCUT2D eigenvalue weighted by molar-refractivity contribution is 7.85. The molecule has 0 aromatic heterocycles. The van der Waals surface area contributed by atoms with Crippen LogP contribution in [-0.4, -0.2) is 21.1 Å². The Morgan fingerprint density at radius 1 is 1.55 bits per heavy atom. The van der Waals surface area contributed by atoms with Crippen molar-refractivity contribution in [2.24, 2.45) is 10.3 Å². The van der Waals surface area contributed by atoms with Crippen molar-refractivity contribution in [3.05, 3.63) is 0 Å². The minimum absolute atomic E-state index is 0.0213. The van der Waals surface area contributed by atoms with E-state index in [1.54, 1.807) is 13.8 Å². The lowest BCUT2D eigenvalue weighted by Gasteiger charge is -2.01. The van der Waals surface area contributed by atoms with Gasteiger partial charge in [0.1, 0.15) is 0 Å². The molecule has 0 amide bonds. The quantitative estimate of drug-likeness (QED) is 0.457. The van der Waals surface area contributed by atoms with E-state index in [-0.39, 0.29) is 12.5 Å². The maximum absolute atomic E-state index is 10.5. The maximum atomic E-state index is 10.5. The summed E-state index contributed by atoms with van der Waals surface area (Å²) in [6, 6.07) is 0. The summed E-state index contributed by atoms with van der Waals surface area (Å²) >= 11 is 0. The molecule has 0 saturated carbocycles. The Hall–Kier alpha value is -0.710. The molecule has 0 atom stereocenters. The van der Waals surface area contributed by atoms with Crippen molar-refractivity contribution in [1.82, 2.24) is 0 Å². The summed E-state index contributed by atoms with van der Waals surface area (Å²) in [5, 5.41) is 0. The summed E-state index contributed by atoms with van der Waals surface area (Å²) in [6.45, 7) is 3.58. The van der Waals surface area contributed by atoms with Crippen LogP contribution in [-0.2, 0) is 19.3 Å². The lowest BCUT2D eigenvalue weighted by molar-refractivity contribution is 0.276. The summed E-state index contributed by atoms with van der Waals surface area (Å²) in [5.41, 5.74) is 0. The Balaban J connectivity index is 4.05. The van der Waals surface area contributed by atoms with Crippen LogP contribution in [0, 0.1) is 5.92 Å². The second-order valence-corrected chi connectivity index (χ2v) is 3.56. The highest BCUT2D eigenvalue weighted by atomic mass is 32.2. The van der Waals surface area contributed by atoms with E-state index < -0.39 is 10.3 Å².